The molecule has 4 heteroatoms. The lowest BCUT2D eigenvalue weighted by molar-refractivity contribution is 0.336. The van der Waals surface area contributed by atoms with Gasteiger partial charge in [-0.3, -0.25) is 0 Å². The Morgan fingerprint density at radius 2 is 2.12 bits per heavy atom. The third-order valence-electron chi connectivity index (χ3n) is 2.14. The van der Waals surface area contributed by atoms with E-state index >= 15 is 0 Å². The fraction of sp³-hybridized carbons (Fsp3) is 0.462. The van der Waals surface area contributed by atoms with Crippen LogP contribution in [0.3, 0.4) is 0 Å². The Kier molecular flexibility index (Phi) is 4.47. The fourth-order valence-corrected chi connectivity index (χ4v) is 1.32. The molecule has 0 saturated heterocycles. The second kappa shape index (κ2) is 5.65. The number of halogens is 1. The molecule has 0 fully saturated rings. The van der Waals surface area contributed by atoms with Gasteiger partial charge in [-0.05, 0) is 26.8 Å². The minimum absolute atomic E-state index is 0.0567. The van der Waals surface area contributed by atoms with E-state index in [2.05, 4.69) is 5.32 Å². The predicted octanol–water partition coefficient (Wildman–Crippen LogP) is 2.62. The smallest absolute Gasteiger partial charge is 0.174 e. The first-order valence-corrected chi connectivity index (χ1v) is 5.46. The zero-order valence-corrected chi connectivity index (χ0v) is 10.4. The lowest BCUT2D eigenvalue weighted by Crippen LogP contribution is -2.35. The highest BCUT2D eigenvalue weighted by Crippen LogP contribution is 2.23. The molecule has 0 aliphatic rings. The second-order valence-corrected chi connectivity index (χ2v) is 4.78. The molecule has 0 saturated carbocycles. The summed E-state index contributed by atoms with van der Waals surface area (Å²) in [6.07, 6.45) is 0. The van der Waals surface area contributed by atoms with Gasteiger partial charge in [0.15, 0.2) is 18.2 Å². The first kappa shape index (κ1) is 13.5. The number of hydrogen-bond acceptors (Lipinski definition) is 3. The molecule has 0 aliphatic heterocycles. The van der Waals surface area contributed by atoms with Crippen molar-refractivity contribution < 1.29 is 9.13 Å². The van der Waals surface area contributed by atoms with Gasteiger partial charge in [-0.25, -0.2) is 4.39 Å². The average Bonchev–Trinajstić information content (AvgIpc) is 2.24. The van der Waals surface area contributed by atoms with Crippen molar-refractivity contribution in [3.8, 4) is 11.8 Å². The van der Waals surface area contributed by atoms with Gasteiger partial charge >= 0.3 is 0 Å². The SMILES string of the molecule is CC(C)(C)NCc1cccc(F)c1OCC#N. The van der Waals surface area contributed by atoms with Gasteiger partial charge in [-0.1, -0.05) is 12.1 Å². The maximum Gasteiger partial charge on any atom is 0.174 e. The Labute approximate surface area is 101 Å². The van der Waals surface area contributed by atoms with E-state index in [1.54, 1.807) is 12.1 Å². The number of benzene rings is 1. The minimum Gasteiger partial charge on any atom is -0.475 e. The van der Waals surface area contributed by atoms with Crippen LogP contribution in [0, 0.1) is 17.1 Å². The van der Waals surface area contributed by atoms with Gasteiger partial charge in [0.25, 0.3) is 0 Å². The first-order valence-electron chi connectivity index (χ1n) is 5.46. The second-order valence-electron chi connectivity index (χ2n) is 4.78. The van der Waals surface area contributed by atoms with Crippen LogP contribution in [0.25, 0.3) is 0 Å². The molecule has 0 heterocycles. The molecule has 0 aromatic heterocycles. The van der Waals surface area contributed by atoms with Gasteiger partial charge in [0, 0.05) is 17.6 Å². The van der Waals surface area contributed by atoms with Gasteiger partial charge < -0.3 is 10.1 Å². The van der Waals surface area contributed by atoms with Crippen molar-refractivity contribution in [3.05, 3.63) is 29.6 Å². The number of rotatable bonds is 4. The highest BCUT2D eigenvalue weighted by molar-refractivity contribution is 5.35. The number of nitrogens with zero attached hydrogens (tertiary/aromatic N) is 1. The van der Waals surface area contributed by atoms with Crippen molar-refractivity contribution in [2.75, 3.05) is 6.61 Å². The number of nitrogens with one attached hydrogen (secondary N) is 1. The average molecular weight is 236 g/mol. The summed E-state index contributed by atoms with van der Waals surface area (Å²) in [6, 6.07) is 6.58. The van der Waals surface area contributed by atoms with Crippen LogP contribution >= 0.6 is 0 Å². The number of ether oxygens (including phenoxy) is 1. The van der Waals surface area contributed by atoms with Crippen molar-refractivity contribution in [2.45, 2.75) is 32.9 Å². The molecule has 1 aromatic carbocycles. The summed E-state index contributed by atoms with van der Waals surface area (Å²) in [4.78, 5) is 0. The topological polar surface area (TPSA) is 45.0 Å². The van der Waals surface area contributed by atoms with E-state index in [0.717, 1.165) is 5.56 Å². The Morgan fingerprint density at radius 1 is 1.41 bits per heavy atom. The summed E-state index contributed by atoms with van der Waals surface area (Å²) < 4.78 is 18.6. The molecule has 17 heavy (non-hydrogen) atoms. The van der Waals surface area contributed by atoms with Gasteiger partial charge in [0.05, 0.1) is 0 Å². The molecule has 0 atom stereocenters. The third kappa shape index (κ3) is 4.41. The summed E-state index contributed by atoms with van der Waals surface area (Å²) in [5, 5.41) is 11.7. The predicted molar refractivity (Wildman–Crippen MR) is 64.1 cm³/mol. The van der Waals surface area contributed by atoms with Crippen molar-refractivity contribution in [3.63, 3.8) is 0 Å². The van der Waals surface area contributed by atoms with Crippen LogP contribution in [0.15, 0.2) is 18.2 Å². The van der Waals surface area contributed by atoms with E-state index in [9.17, 15) is 4.39 Å². The molecule has 1 rings (SSSR count). The molecule has 0 radical (unpaired) electrons. The Balaban J connectivity index is 2.83. The van der Waals surface area contributed by atoms with Crippen LogP contribution < -0.4 is 10.1 Å². The van der Waals surface area contributed by atoms with E-state index in [1.807, 2.05) is 26.8 Å². The molecule has 0 spiro atoms. The summed E-state index contributed by atoms with van der Waals surface area (Å²) in [7, 11) is 0. The lowest BCUT2D eigenvalue weighted by atomic mass is 10.1. The molecule has 0 aliphatic carbocycles. The van der Waals surface area contributed by atoms with Crippen LogP contribution in [-0.2, 0) is 6.54 Å². The van der Waals surface area contributed by atoms with Gasteiger partial charge in [-0.15, -0.1) is 0 Å². The molecule has 0 amide bonds. The van der Waals surface area contributed by atoms with Crippen LogP contribution in [0.2, 0.25) is 0 Å². The van der Waals surface area contributed by atoms with Crippen molar-refractivity contribution in [1.29, 1.82) is 5.26 Å². The molecule has 1 N–H and O–H groups in total. The van der Waals surface area contributed by atoms with E-state index in [1.165, 1.54) is 6.07 Å². The van der Waals surface area contributed by atoms with E-state index in [4.69, 9.17) is 10.00 Å². The van der Waals surface area contributed by atoms with Crippen LogP contribution in [0.4, 0.5) is 4.39 Å². The summed E-state index contributed by atoms with van der Waals surface area (Å²) in [6.45, 7) is 6.44. The van der Waals surface area contributed by atoms with E-state index in [0.29, 0.717) is 6.54 Å². The highest BCUT2D eigenvalue weighted by Gasteiger charge is 2.13. The summed E-state index contributed by atoms with van der Waals surface area (Å²) in [5.74, 6) is -0.278. The molecule has 0 bridgehead atoms. The fourth-order valence-electron chi connectivity index (χ4n) is 1.32. The van der Waals surface area contributed by atoms with Gasteiger partial charge in [0.2, 0.25) is 0 Å². The molecular weight excluding hydrogens is 219 g/mol. The maximum atomic E-state index is 13.5. The van der Waals surface area contributed by atoms with Crippen LogP contribution in [-0.4, -0.2) is 12.1 Å². The monoisotopic (exact) mass is 236 g/mol. The van der Waals surface area contributed by atoms with E-state index < -0.39 is 5.82 Å². The molecule has 92 valence electrons. The van der Waals surface area contributed by atoms with Crippen molar-refractivity contribution in [1.82, 2.24) is 5.32 Å². The van der Waals surface area contributed by atoms with E-state index in [-0.39, 0.29) is 17.9 Å². The number of para-hydroxylation sites is 1. The third-order valence-corrected chi connectivity index (χ3v) is 2.14. The van der Waals surface area contributed by atoms with Gasteiger partial charge in [0.1, 0.15) is 6.07 Å². The number of nitriles is 1. The van der Waals surface area contributed by atoms with Gasteiger partial charge in [-0.2, -0.15) is 5.26 Å². The Hall–Kier alpha value is -1.60. The van der Waals surface area contributed by atoms with Crippen LogP contribution in [0.1, 0.15) is 26.3 Å². The normalized spacial score (nSPS) is 11.0. The first-order chi connectivity index (χ1) is 7.94. The standard InChI is InChI=1S/C13H17FN2O/c1-13(2,3)16-9-10-5-4-6-11(14)12(10)17-8-7-15/h4-6,16H,8-9H2,1-3H3. The summed E-state index contributed by atoms with van der Waals surface area (Å²) >= 11 is 0. The molecular formula is C13H17FN2O. The number of hydrogen-bond donors (Lipinski definition) is 1. The van der Waals surface area contributed by atoms with Crippen molar-refractivity contribution >= 4 is 0 Å². The highest BCUT2D eigenvalue weighted by atomic mass is 19.1. The zero-order chi connectivity index (χ0) is 12.9. The molecule has 3 nitrogen and oxygen atoms in total. The minimum atomic E-state index is -0.437. The van der Waals surface area contributed by atoms with Crippen molar-refractivity contribution in [2.24, 2.45) is 0 Å². The maximum absolute atomic E-state index is 13.5. The quantitative estimate of drug-likeness (QED) is 0.874. The summed E-state index contributed by atoms with van der Waals surface area (Å²) in [5.41, 5.74) is 0.661. The Bertz CT molecular complexity index is 418. The molecule has 0 unspecified atom stereocenters. The molecule has 1 aromatic rings. The lowest BCUT2D eigenvalue weighted by Gasteiger charge is -2.21. The Morgan fingerprint density at radius 3 is 2.71 bits per heavy atom. The van der Waals surface area contributed by atoms with Crippen LogP contribution in [0.5, 0.6) is 5.75 Å². The zero-order valence-electron chi connectivity index (χ0n) is 10.4. The largest absolute Gasteiger partial charge is 0.475 e.